The molecule has 0 aliphatic carbocycles. The molecule has 3 aromatic rings. The van der Waals surface area contributed by atoms with E-state index in [-0.39, 0.29) is 12.6 Å². The maximum Gasteiger partial charge on any atom is 0.322 e. The van der Waals surface area contributed by atoms with E-state index in [4.69, 9.17) is 4.52 Å². The SMILES string of the molecule is CCN(Cc1nc(-c2ccc(C)cc2)no1)C(=O)Nc1cccc(C)c1. The van der Waals surface area contributed by atoms with Gasteiger partial charge in [-0.1, -0.05) is 47.1 Å². The van der Waals surface area contributed by atoms with Crippen molar-refractivity contribution in [2.45, 2.75) is 27.3 Å². The van der Waals surface area contributed by atoms with Gasteiger partial charge in [0.25, 0.3) is 0 Å². The monoisotopic (exact) mass is 350 g/mol. The Kier molecular flexibility index (Phi) is 5.31. The van der Waals surface area contributed by atoms with Crippen LogP contribution in [0.15, 0.2) is 53.1 Å². The summed E-state index contributed by atoms with van der Waals surface area (Å²) in [7, 11) is 0. The highest BCUT2D eigenvalue weighted by molar-refractivity contribution is 5.89. The van der Waals surface area contributed by atoms with Crippen molar-refractivity contribution < 1.29 is 9.32 Å². The van der Waals surface area contributed by atoms with E-state index in [1.54, 1.807) is 4.90 Å². The highest BCUT2D eigenvalue weighted by atomic mass is 16.5. The second-order valence-electron chi connectivity index (χ2n) is 6.19. The van der Waals surface area contributed by atoms with Crippen molar-refractivity contribution in [1.29, 1.82) is 0 Å². The second kappa shape index (κ2) is 7.82. The molecule has 0 bridgehead atoms. The first-order valence-electron chi connectivity index (χ1n) is 8.57. The molecule has 0 atom stereocenters. The van der Waals surface area contributed by atoms with Gasteiger partial charge in [0.2, 0.25) is 11.7 Å². The van der Waals surface area contributed by atoms with Gasteiger partial charge >= 0.3 is 6.03 Å². The Balaban J connectivity index is 1.68. The molecule has 2 amide bonds. The number of anilines is 1. The molecule has 134 valence electrons. The normalized spacial score (nSPS) is 10.6. The van der Waals surface area contributed by atoms with Crippen LogP contribution in [-0.2, 0) is 6.54 Å². The molecule has 1 heterocycles. The zero-order valence-electron chi connectivity index (χ0n) is 15.2. The molecule has 1 aromatic heterocycles. The third-order valence-corrected chi connectivity index (χ3v) is 4.04. The smallest absolute Gasteiger partial charge is 0.322 e. The first-order valence-corrected chi connectivity index (χ1v) is 8.57. The second-order valence-corrected chi connectivity index (χ2v) is 6.19. The molecule has 0 unspecified atom stereocenters. The van der Waals surface area contributed by atoms with E-state index in [1.807, 2.05) is 69.3 Å². The molecule has 0 fully saturated rings. The minimum Gasteiger partial charge on any atom is -0.337 e. The molecule has 6 nitrogen and oxygen atoms in total. The lowest BCUT2D eigenvalue weighted by atomic mass is 10.1. The Hall–Kier alpha value is -3.15. The first kappa shape index (κ1) is 17.7. The molecule has 1 N–H and O–H groups in total. The Labute approximate surface area is 152 Å². The summed E-state index contributed by atoms with van der Waals surface area (Å²) >= 11 is 0. The third-order valence-electron chi connectivity index (χ3n) is 4.04. The van der Waals surface area contributed by atoms with Gasteiger partial charge in [0, 0.05) is 17.8 Å². The summed E-state index contributed by atoms with van der Waals surface area (Å²) in [5.74, 6) is 0.928. The lowest BCUT2D eigenvalue weighted by Crippen LogP contribution is -2.34. The van der Waals surface area contributed by atoms with Crippen LogP contribution in [0.2, 0.25) is 0 Å². The molecule has 2 aromatic carbocycles. The van der Waals surface area contributed by atoms with Crippen molar-refractivity contribution in [2.24, 2.45) is 0 Å². The summed E-state index contributed by atoms with van der Waals surface area (Å²) in [4.78, 5) is 18.5. The number of hydrogen-bond acceptors (Lipinski definition) is 4. The highest BCUT2D eigenvalue weighted by Gasteiger charge is 2.17. The van der Waals surface area contributed by atoms with E-state index in [0.717, 1.165) is 16.8 Å². The number of nitrogens with one attached hydrogen (secondary N) is 1. The summed E-state index contributed by atoms with van der Waals surface area (Å²) in [6, 6.07) is 15.4. The molecule has 0 saturated carbocycles. The van der Waals surface area contributed by atoms with Gasteiger partial charge in [-0.3, -0.25) is 0 Å². The highest BCUT2D eigenvalue weighted by Crippen LogP contribution is 2.17. The zero-order valence-corrected chi connectivity index (χ0v) is 15.2. The van der Waals surface area contributed by atoms with Gasteiger partial charge in [-0.2, -0.15) is 4.98 Å². The lowest BCUT2D eigenvalue weighted by molar-refractivity contribution is 0.203. The molecule has 0 radical (unpaired) electrons. The summed E-state index contributed by atoms with van der Waals surface area (Å²) in [6.45, 7) is 6.70. The maximum atomic E-state index is 12.5. The number of hydrogen-bond donors (Lipinski definition) is 1. The molecule has 6 heteroatoms. The quantitative estimate of drug-likeness (QED) is 0.740. The third kappa shape index (κ3) is 4.27. The number of nitrogens with zero attached hydrogens (tertiary/aromatic N) is 3. The zero-order chi connectivity index (χ0) is 18.5. The number of amides is 2. The van der Waals surface area contributed by atoms with Crippen molar-refractivity contribution >= 4 is 11.7 Å². The average molecular weight is 350 g/mol. The fourth-order valence-corrected chi connectivity index (χ4v) is 2.55. The Bertz CT molecular complexity index is 887. The topological polar surface area (TPSA) is 71.3 Å². The molecule has 26 heavy (non-hydrogen) atoms. The van der Waals surface area contributed by atoms with Crippen LogP contribution in [-0.4, -0.2) is 27.6 Å². The number of aryl methyl sites for hydroxylation is 2. The number of aromatic nitrogens is 2. The molecule has 0 saturated heterocycles. The van der Waals surface area contributed by atoms with Crippen molar-refractivity contribution in [1.82, 2.24) is 15.0 Å². The fourth-order valence-electron chi connectivity index (χ4n) is 2.55. The van der Waals surface area contributed by atoms with E-state index in [9.17, 15) is 4.79 Å². The summed E-state index contributed by atoms with van der Waals surface area (Å²) in [5, 5.41) is 6.91. The number of rotatable bonds is 5. The molecular formula is C20H22N4O2. The van der Waals surface area contributed by atoms with E-state index >= 15 is 0 Å². The van der Waals surface area contributed by atoms with Crippen LogP contribution < -0.4 is 5.32 Å². The van der Waals surface area contributed by atoms with Crippen LogP contribution in [0.1, 0.15) is 23.9 Å². The van der Waals surface area contributed by atoms with Crippen LogP contribution in [0.4, 0.5) is 10.5 Å². The number of benzene rings is 2. The van der Waals surface area contributed by atoms with Gasteiger partial charge in [0.15, 0.2) is 0 Å². The van der Waals surface area contributed by atoms with Gasteiger partial charge in [-0.05, 0) is 38.5 Å². The summed E-state index contributed by atoms with van der Waals surface area (Å²) in [6.07, 6.45) is 0. The summed E-state index contributed by atoms with van der Waals surface area (Å²) < 4.78 is 5.32. The van der Waals surface area contributed by atoms with Crippen molar-refractivity contribution in [3.8, 4) is 11.4 Å². The molecule has 0 aliphatic rings. The fraction of sp³-hybridized carbons (Fsp3) is 0.250. The van der Waals surface area contributed by atoms with Crippen molar-refractivity contribution in [2.75, 3.05) is 11.9 Å². The standard InChI is InChI=1S/C20H22N4O2/c1-4-24(20(25)21-17-7-5-6-15(3)12-17)13-18-22-19(23-26-18)16-10-8-14(2)9-11-16/h5-12H,4,13H2,1-3H3,(H,21,25). The molecule has 0 aliphatic heterocycles. The Morgan fingerprint density at radius 3 is 2.58 bits per heavy atom. The molecule has 3 rings (SSSR count). The van der Waals surface area contributed by atoms with E-state index in [1.165, 1.54) is 5.56 Å². The van der Waals surface area contributed by atoms with E-state index < -0.39 is 0 Å². The minimum absolute atomic E-state index is 0.201. The Morgan fingerprint density at radius 1 is 1.12 bits per heavy atom. The van der Waals surface area contributed by atoms with Crippen LogP contribution in [0.3, 0.4) is 0 Å². The minimum atomic E-state index is -0.201. The van der Waals surface area contributed by atoms with E-state index in [0.29, 0.717) is 18.3 Å². The number of carbonyl (C=O) groups is 1. The van der Waals surface area contributed by atoms with Crippen molar-refractivity contribution in [3.63, 3.8) is 0 Å². The van der Waals surface area contributed by atoms with E-state index in [2.05, 4.69) is 15.5 Å². The largest absolute Gasteiger partial charge is 0.337 e. The predicted molar refractivity (Wildman–Crippen MR) is 101 cm³/mol. The Morgan fingerprint density at radius 2 is 1.88 bits per heavy atom. The first-order chi connectivity index (χ1) is 12.5. The maximum absolute atomic E-state index is 12.5. The number of carbonyl (C=O) groups excluding carboxylic acids is 1. The van der Waals surface area contributed by atoms with Gasteiger partial charge < -0.3 is 14.7 Å². The lowest BCUT2D eigenvalue weighted by Gasteiger charge is -2.19. The van der Waals surface area contributed by atoms with Crippen LogP contribution in [0, 0.1) is 13.8 Å². The number of urea groups is 1. The predicted octanol–water partition coefficient (Wildman–Crippen LogP) is 4.41. The molecule has 0 spiro atoms. The van der Waals surface area contributed by atoms with Crippen molar-refractivity contribution in [3.05, 3.63) is 65.5 Å². The van der Waals surface area contributed by atoms with Gasteiger partial charge in [0.05, 0.1) is 0 Å². The van der Waals surface area contributed by atoms with Crippen LogP contribution in [0.5, 0.6) is 0 Å². The molecular weight excluding hydrogens is 328 g/mol. The summed E-state index contributed by atoms with van der Waals surface area (Å²) in [5.41, 5.74) is 3.91. The van der Waals surface area contributed by atoms with Gasteiger partial charge in [-0.25, -0.2) is 4.79 Å². The van der Waals surface area contributed by atoms with Gasteiger partial charge in [-0.15, -0.1) is 0 Å². The van der Waals surface area contributed by atoms with Gasteiger partial charge in [0.1, 0.15) is 6.54 Å². The van der Waals surface area contributed by atoms with Crippen LogP contribution >= 0.6 is 0 Å². The van der Waals surface area contributed by atoms with Crippen LogP contribution in [0.25, 0.3) is 11.4 Å². The average Bonchev–Trinajstić information content (AvgIpc) is 3.09.